The molecule has 4 N–H and O–H groups in total. The van der Waals surface area contributed by atoms with Crippen molar-refractivity contribution in [1.82, 2.24) is 15.5 Å². The standard InChI is InChI=1S/C6H10ClN5O2/c7-3-4-11-12-6(14-4)10-2-1-9-5(8)13/h1-3H2,(H,10,12)(H3,8,9,13). The summed E-state index contributed by atoms with van der Waals surface area (Å²) >= 11 is 5.45. The molecule has 1 rings (SSSR count). The highest BCUT2D eigenvalue weighted by Gasteiger charge is 2.02. The molecule has 0 saturated carbocycles. The zero-order chi connectivity index (χ0) is 10.4. The van der Waals surface area contributed by atoms with Crippen LogP contribution in [-0.2, 0) is 5.88 Å². The summed E-state index contributed by atoms with van der Waals surface area (Å²) in [5.41, 5.74) is 4.85. The normalized spacial score (nSPS) is 9.79. The van der Waals surface area contributed by atoms with E-state index in [4.69, 9.17) is 21.8 Å². The minimum Gasteiger partial charge on any atom is -0.407 e. The lowest BCUT2D eigenvalue weighted by Gasteiger charge is -2.00. The Bertz CT molecular complexity index is 302. The van der Waals surface area contributed by atoms with Crippen LogP contribution in [-0.4, -0.2) is 29.3 Å². The number of rotatable bonds is 5. The van der Waals surface area contributed by atoms with E-state index < -0.39 is 6.03 Å². The fraction of sp³-hybridized carbons (Fsp3) is 0.500. The van der Waals surface area contributed by atoms with Crippen molar-refractivity contribution in [2.45, 2.75) is 5.88 Å². The van der Waals surface area contributed by atoms with Crippen molar-refractivity contribution in [2.24, 2.45) is 5.73 Å². The number of amides is 2. The molecule has 0 atom stereocenters. The summed E-state index contributed by atoms with van der Waals surface area (Å²) < 4.78 is 5.03. The van der Waals surface area contributed by atoms with Gasteiger partial charge in [0.1, 0.15) is 5.88 Å². The second-order valence-electron chi connectivity index (χ2n) is 2.35. The number of urea groups is 1. The van der Waals surface area contributed by atoms with Gasteiger partial charge in [0.2, 0.25) is 5.89 Å². The number of aromatic nitrogens is 2. The third-order valence-electron chi connectivity index (χ3n) is 1.28. The predicted molar refractivity (Wildman–Crippen MR) is 49.9 cm³/mol. The molecule has 0 aromatic carbocycles. The first kappa shape index (κ1) is 10.6. The number of hydrogen-bond donors (Lipinski definition) is 3. The smallest absolute Gasteiger partial charge is 0.315 e. The van der Waals surface area contributed by atoms with Crippen molar-refractivity contribution in [3.8, 4) is 0 Å². The molecule has 0 aliphatic rings. The highest BCUT2D eigenvalue weighted by atomic mass is 35.5. The van der Waals surface area contributed by atoms with E-state index in [0.29, 0.717) is 19.0 Å². The van der Waals surface area contributed by atoms with E-state index in [9.17, 15) is 4.79 Å². The van der Waals surface area contributed by atoms with Crippen LogP contribution in [0.25, 0.3) is 0 Å². The molecule has 0 aliphatic carbocycles. The lowest BCUT2D eigenvalue weighted by molar-refractivity contribution is 0.249. The summed E-state index contributed by atoms with van der Waals surface area (Å²) in [6.45, 7) is 0.834. The van der Waals surface area contributed by atoms with Gasteiger partial charge in [0.05, 0.1) is 0 Å². The van der Waals surface area contributed by atoms with Gasteiger partial charge in [-0.05, 0) is 0 Å². The zero-order valence-electron chi connectivity index (χ0n) is 7.29. The largest absolute Gasteiger partial charge is 0.407 e. The number of nitrogens with two attached hydrogens (primary N) is 1. The van der Waals surface area contributed by atoms with Crippen LogP contribution in [0.1, 0.15) is 5.89 Å². The fourth-order valence-corrected chi connectivity index (χ4v) is 0.842. The van der Waals surface area contributed by atoms with E-state index in [1.54, 1.807) is 0 Å². The number of hydrogen-bond acceptors (Lipinski definition) is 5. The maximum Gasteiger partial charge on any atom is 0.315 e. The van der Waals surface area contributed by atoms with Crippen molar-refractivity contribution < 1.29 is 9.21 Å². The van der Waals surface area contributed by atoms with Gasteiger partial charge in [-0.25, -0.2) is 4.79 Å². The van der Waals surface area contributed by atoms with Gasteiger partial charge in [0, 0.05) is 13.1 Å². The highest BCUT2D eigenvalue weighted by molar-refractivity contribution is 6.16. The first-order valence-electron chi connectivity index (χ1n) is 3.88. The molecule has 78 valence electrons. The molecule has 8 heteroatoms. The molecule has 0 fully saturated rings. The Morgan fingerprint density at radius 1 is 1.50 bits per heavy atom. The van der Waals surface area contributed by atoms with Crippen molar-refractivity contribution >= 4 is 23.6 Å². The van der Waals surface area contributed by atoms with Gasteiger partial charge in [-0.2, -0.15) is 0 Å². The number of alkyl halides is 1. The molecule has 0 radical (unpaired) electrons. The lowest BCUT2D eigenvalue weighted by atomic mass is 10.6. The summed E-state index contributed by atoms with van der Waals surface area (Å²) in [5.74, 6) is 0.519. The van der Waals surface area contributed by atoms with Crippen LogP contribution in [0, 0.1) is 0 Å². The van der Waals surface area contributed by atoms with Crippen LogP contribution in [0.4, 0.5) is 10.8 Å². The van der Waals surface area contributed by atoms with E-state index in [0.717, 1.165) is 0 Å². The number of anilines is 1. The van der Waals surface area contributed by atoms with Crippen LogP contribution in [0.15, 0.2) is 4.42 Å². The maximum atomic E-state index is 10.3. The van der Waals surface area contributed by atoms with Gasteiger partial charge < -0.3 is 20.8 Å². The Hall–Kier alpha value is -1.50. The molecule has 7 nitrogen and oxygen atoms in total. The average Bonchev–Trinajstić information content (AvgIpc) is 2.60. The van der Waals surface area contributed by atoms with Crippen molar-refractivity contribution in [2.75, 3.05) is 18.4 Å². The van der Waals surface area contributed by atoms with Gasteiger partial charge >= 0.3 is 12.0 Å². The molecule has 0 saturated heterocycles. The number of carbonyl (C=O) groups is 1. The molecule has 0 unspecified atom stereocenters. The number of halogens is 1. The van der Waals surface area contributed by atoms with E-state index in [1.807, 2.05) is 0 Å². The summed E-state index contributed by atoms with van der Waals surface area (Å²) in [7, 11) is 0. The third kappa shape index (κ3) is 3.48. The molecule has 1 aromatic heterocycles. The molecular weight excluding hydrogens is 210 g/mol. The van der Waals surface area contributed by atoms with Gasteiger partial charge in [-0.3, -0.25) is 0 Å². The van der Waals surface area contributed by atoms with Crippen LogP contribution >= 0.6 is 11.6 Å². The summed E-state index contributed by atoms with van der Waals surface area (Å²) in [6, 6.07) is -0.300. The van der Waals surface area contributed by atoms with Gasteiger partial charge in [0.25, 0.3) is 0 Å². The first-order chi connectivity index (χ1) is 6.72. The molecule has 1 heterocycles. The van der Waals surface area contributed by atoms with Gasteiger partial charge in [0.15, 0.2) is 0 Å². The van der Waals surface area contributed by atoms with Crippen LogP contribution in [0.3, 0.4) is 0 Å². The predicted octanol–water partition coefficient (Wildman–Crippen LogP) is -0.111. The van der Waals surface area contributed by atoms with E-state index in [2.05, 4.69) is 20.8 Å². The molecular formula is C6H10ClN5O2. The monoisotopic (exact) mass is 219 g/mol. The van der Waals surface area contributed by atoms with E-state index in [-0.39, 0.29) is 11.9 Å². The minimum absolute atomic E-state index is 0.175. The van der Waals surface area contributed by atoms with Crippen LogP contribution < -0.4 is 16.4 Å². The Balaban J connectivity index is 2.21. The number of carbonyl (C=O) groups excluding carboxylic acids is 1. The Morgan fingerprint density at radius 3 is 2.86 bits per heavy atom. The first-order valence-corrected chi connectivity index (χ1v) is 4.41. The maximum absolute atomic E-state index is 10.3. The molecule has 1 aromatic rings. The quantitative estimate of drug-likeness (QED) is 0.473. The van der Waals surface area contributed by atoms with Crippen molar-refractivity contribution in [1.29, 1.82) is 0 Å². The minimum atomic E-state index is -0.571. The number of nitrogens with one attached hydrogen (secondary N) is 2. The third-order valence-corrected chi connectivity index (χ3v) is 1.51. The number of nitrogens with zero attached hydrogens (tertiary/aromatic N) is 2. The molecule has 0 aliphatic heterocycles. The van der Waals surface area contributed by atoms with Crippen molar-refractivity contribution in [3.63, 3.8) is 0 Å². The fourth-order valence-electron chi connectivity index (χ4n) is 0.734. The van der Waals surface area contributed by atoms with Crippen LogP contribution in [0.5, 0.6) is 0 Å². The topological polar surface area (TPSA) is 106 Å². The summed E-state index contributed by atoms with van der Waals surface area (Å²) in [6.07, 6.45) is 0. The Morgan fingerprint density at radius 2 is 2.29 bits per heavy atom. The summed E-state index contributed by atoms with van der Waals surface area (Å²) in [5, 5.41) is 12.5. The molecule has 2 amide bonds. The van der Waals surface area contributed by atoms with Gasteiger partial charge in [-0.15, -0.1) is 16.7 Å². The highest BCUT2D eigenvalue weighted by Crippen LogP contribution is 2.06. The van der Waals surface area contributed by atoms with E-state index in [1.165, 1.54) is 0 Å². The summed E-state index contributed by atoms with van der Waals surface area (Å²) in [4.78, 5) is 10.3. The Labute approximate surface area is 85.0 Å². The molecule has 14 heavy (non-hydrogen) atoms. The van der Waals surface area contributed by atoms with Crippen molar-refractivity contribution in [3.05, 3.63) is 5.89 Å². The second-order valence-corrected chi connectivity index (χ2v) is 2.62. The number of primary amides is 1. The molecule has 0 spiro atoms. The lowest BCUT2D eigenvalue weighted by Crippen LogP contribution is -2.33. The van der Waals surface area contributed by atoms with E-state index >= 15 is 0 Å². The van der Waals surface area contributed by atoms with Crippen LogP contribution in [0.2, 0.25) is 0 Å². The SMILES string of the molecule is NC(=O)NCCNc1nnc(CCl)o1. The average molecular weight is 220 g/mol. The Kier molecular flexibility index (Phi) is 3.99. The van der Waals surface area contributed by atoms with Gasteiger partial charge in [-0.1, -0.05) is 5.10 Å². The zero-order valence-corrected chi connectivity index (χ0v) is 8.04. The molecule has 0 bridgehead atoms. The second kappa shape index (κ2) is 5.28.